The number of imidazole rings is 1. The summed E-state index contributed by atoms with van der Waals surface area (Å²) in [6.45, 7) is 0. The molecule has 0 spiro atoms. The van der Waals surface area contributed by atoms with E-state index in [1.165, 1.54) is 0 Å². The molecular formula is C14H17N5O3. The molecule has 1 fully saturated rings. The average Bonchev–Trinajstić information content (AvgIpc) is 3.13. The summed E-state index contributed by atoms with van der Waals surface area (Å²) < 4.78 is 1.66. The van der Waals surface area contributed by atoms with E-state index in [4.69, 9.17) is 0 Å². The maximum atomic E-state index is 12.3. The summed E-state index contributed by atoms with van der Waals surface area (Å²) in [5.74, 6) is -0.654. The minimum atomic E-state index is -0.760. The van der Waals surface area contributed by atoms with Gasteiger partial charge in [-0.05, 0) is 12.8 Å². The molecule has 0 atom stereocenters. The first-order chi connectivity index (χ1) is 10.6. The van der Waals surface area contributed by atoms with Crippen LogP contribution >= 0.6 is 0 Å². The van der Waals surface area contributed by atoms with Crippen molar-refractivity contribution in [1.82, 2.24) is 24.8 Å². The molecule has 3 N–H and O–H groups in total. The molecule has 2 heterocycles. The second kappa shape index (κ2) is 5.63. The number of aromatic nitrogens is 4. The average molecular weight is 303 g/mol. The van der Waals surface area contributed by atoms with E-state index in [0.29, 0.717) is 5.82 Å². The van der Waals surface area contributed by atoms with Crippen LogP contribution in [0.2, 0.25) is 0 Å². The molecule has 0 radical (unpaired) electrons. The van der Waals surface area contributed by atoms with E-state index >= 15 is 0 Å². The second-order valence-corrected chi connectivity index (χ2v) is 5.43. The van der Waals surface area contributed by atoms with Crippen molar-refractivity contribution in [3.05, 3.63) is 28.4 Å². The number of hydrogen-bond donors (Lipinski definition) is 3. The number of nitrogens with one attached hydrogen (secondary N) is 2. The fourth-order valence-corrected chi connectivity index (χ4v) is 2.65. The fourth-order valence-electron chi connectivity index (χ4n) is 2.65. The minimum Gasteiger partial charge on any atom is -0.501 e. The number of aryl methyl sites for hydroxylation is 1. The van der Waals surface area contributed by atoms with Crippen LogP contribution in [0.4, 0.5) is 0 Å². The molecule has 1 saturated carbocycles. The molecule has 0 aromatic carbocycles. The van der Waals surface area contributed by atoms with E-state index in [-0.39, 0.29) is 17.6 Å². The number of aromatic hydroxyl groups is 1. The van der Waals surface area contributed by atoms with Crippen molar-refractivity contribution in [2.75, 3.05) is 0 Å². The van der Waals surface area contributed by atoms with Gasteiger partial charge in [-0.15, -0.1) is 0 Å². The van der Waals surface area contributed by atoms with Crippen LogP contribution < -0.4 is 10.9 Å². The molecule has 3 rings (SSSR count). The van der Waals surface area contributed by atoms with Gasteiger partial charge in [-0.25, -0.2) is 9.97 Å². The molecule has 0 saturated heterocycles. The first-order valence-electron chi connectivity index (χ1n) is 7.18. The lowest BCUT2D eigenvalue weighted by Gasteiger charge is -2.12. The first kappa shape index (κ1) is 14.3. The van der Waals surface area contributed by atoms with Gasteiger partial charge in [-0.2, -0.15) is 0 Å². The van der Waals surface area contributed by atoms with Crippen LogP contribution in [0.5, 0.6) is 5.75 Å². The number of hydrogen-bond acceptors (Lipinski definition) is 5. The number of carbonyl (C=O) groups excluding carboxylic acids is 1. The van der Waals surface area contributed by atoms with Crippen LogP contribution in [-0.4, -0.2) is 36.6 Å². The summed E-state index contributed by atoms with van der Waals surface area (Å²) in [6, 6.07) is 0.0737. The molecule has 2 aromatic heterocycles. The van der Waals surface area contributed by atoms with Gasteiger partial charge in [0.05, 0.1) is 0 Å². The van der Waals surface area contributed by atoms with E-state index in [1.807, 2.05) is 0 Å². The van der Waals surface area contributed by atoms with Gasteiger partial charge in [0.25, 0.3) is 11.5 Å². The zero-order valence-corrected chi connectivity index (χ0v) is 12.2. The quantitative estimate of drug-likeness (QED) is 0.766. The highest BCUT2D eigenvalue weighted by molar-refractivity contribution is 5.95. The van der Waals surface area contributed by atoms with Crippen molar-refractivity contribution in [3.8, 4) is 17.4 Å². The topological polar surface area (TPSA) is 113 Å². The van der Waals surface area contributed by atoms with E-state index in [9.17, 15) is 14.7 Å². The zero-order chi connectivity index (χ0) is 15.7. The van der Waals surface area contributed by atoms with Crippen molar-refractivity contribution in [1.29, 1.82) is 0 Å². The van der Waals surface area contributed by atoms with Gasteiger partial charge in [0.1, 0.15) is 0 Å². The van der Waals surface area contributed by atoms with E-state index in [2.05, 4.69) is 20.3 Å². The summed E-state index contributed by atoms with van der Waals surface area (Å²) in [6.07, 6.45) is 7.20. The van der Waals surface area contributed by atoms with Gasteiger partial charge in [0.2, 0.25) is 5.75 Å². The Kier molecular flexibility index (Phi) is 3.66. The number of amides is 1. The zero-order valence-electron chi connectivity index (χ0n) is 12.2. The van der Waals surface area contributed by atoms with E-state index < -0.39 is 17.2 Å². The van der Waals surface area contributed by atoms with Crippen LogP contribution in [0.3, 0.4) is 0 Å². The lowest BCUT2D eigenvalue weighted by atomic mass is 10.2. The molecule has 0 unspecified atom stereocenters. The molecule has 2 aromatic rings. The van der Waals surface area contributed by atoms with Crippen molar-refractivity contribution in [2.45, 2.75) is 31.7 Å². The minimum absolute atomic E-state index is 0.0737. The number of nitrogens with zero attached hydrogens (tertiary/aromatic N) is 3. The van der Waals surface area contributed by atoms with Gasteiger partial charge in [0.15, 0.2) is 17.3 Å². The number of H-pyrrole nitrogens is 1. The standard InChI is InChI=1S/C14H17N5O3/c1-19-7-6-15-12(19)11-17-9(10(20)14(22)18-11)13(21)16-8-4-2-3-5-8/h6-8,20H,2-5H2,1H3,(H,16,21)(H,17,18,22). The normalized spacial score (nSPS) is 15.1. The number of aromatic amines is 1. The monoisotopic (exact) mass is 303 g/mol. The third kappa shape index (κ3) is 2.59. The molecule has 0 aliphatic heterocycles. The second-order valence-electron chi connectivity index (χ2n) is 5.43. The highest BCUT2D eigenvalue weighted by atomic mass is 16.3. The summed E-state index contributed by atoms with van der Waals surface area (Å²) in [5.41, 5.74) is -1.03. The van der Waals surface area contributed by atoms with Crippen molar-refractivity contribution >= 4 is 5.91 Å². The van der Waals surface area contributed by atoms with Crippen LogP contribution in [0.1, 0.15) is 36.2 Å². The van der Waals surface area contributed by atoms with E-state index in [1.54, 1.807) is 24.0 Å². The Morgan fingerprint density at radius 3 is 2.82 bits per heavy atom. The maximum absolute atomic E-state index is 12.3. The Morgan fingerprint density at radius 1 is 1.45 bits per heavy atom. The molecular weight excluding hydrogens is 286 g/mol. The molecule has 1 amide bonds. The lowest BCUT2D eigenvalue weighted by Crippen LogP contribution is -2.34. The predicted molar refractivity (Wildman–Crippen MR) is 78.4 cm³/mol. The molecule has 1 aliphatic rings. The summed E-state index contributed by atoms with van der Waals surface area (Å²) in [4.78, 5) is 34.7. The molecule has 0 bridgehead atoms. The first-order valence-corrected chi connectivity index (χ1v) is 7.18. The third-order valence-electron chi connectivity index (χ3n) is 3.83. The SMILES string of the molecule is Cn1ccnc1-c1nc(C(=O)NC2CCCC2)c(O)c(=O)[nH]1. The molecule has 8 heteroatoms. The van der Waals surface area contributed by atoms with E-state index in [0.717, 1.165) is 25.7 Å². The van der Waals surface area contributed by atoms with Crippen LogP contribution in [-0.2, 0) is 7.05 Å². The fraction of sp³-hybridized carbons (Fsp3) is 0.429. The summed E-state index contributed by atoms with van der Waals surface area (Å²) >= 11 is 0. The van der Waals surface area contributed by atoms with Gasteiger partial charge < -0.3 is 20.0 Å². The van der Waals surface area contributed by atoms with Crippen molar-refractivity contribution in [2.24, 2.45) is 7.05 Å². The third-order valence-corrected chi connectivity index (χ3v) is 3.83. The van der Waals surface area contributed by atoms with Crippen LogP contribution in [0, 0.1) is 0 Å². The smallest absolute Gasteiger partial charge is 0.294 e. The summed E-state index contributed by atoms with van der Waals surface area (Å²) in [7, 11) is 1.74. The molecule has 8 nitrogen and oxygen atoms in total. The van der Waals surface area contributed by atoms with Crippen LogP contribution in [0.15, 0.2) is 17.2 Å². The van der Waals surface area contributed by atoms with Gasteiger partial charge in [-0.3, -0.25) is 9.59 Å². The number of carbonyl (C=O) groups is 1. The predicted octanol–water partition coefficient (Wildman–Crippen LogP) is 0.548. The largest absolute Gasteiger partial charge is 0.501 e. The summed E-state index contributed by atoms with van der Waals surface area (Å²) in [5, 5.41) is 12.6. The van der Waals surface area contributed by atoms with Crippen molar-refractivity contribution in [3.63, 3.8) is 0 Å². The van der Waals surface area contributed by atoms with Gasteiger partial charge in [0, 0.05) is 25.5 Å². The molecule has 1 aliphatic carbocycles. The Balaban J connectivity index is 1.96. The Hall–Kier alpha value is -2.64. The Bertz CT molecular complexity index is 758. The number of rotatable bonds is 3. The molecule has 116 valence electrons. The molecule has 22 heavy (non-hydrogen) atoms. The maximum Gasteiger partial charge on any atom is 0.294 e. The van der Waals surface area contributed by atoms with Crippen molar-refractivity contribution < 1.29 is 9.90 Å². The highest BCUT2D eigenvalue weighted by Crippen LogP contribution is 2.19. The Morgan fingerprint density at radius 2 is 2.18 bits per heavy atom. The highest BCUT2D eigenvalue weighted by Gasteiger charge is 2.23. The Labute approximate surface area is 126 Å². The lowest BCUT2D eigenvalue weighted by molar-refractivity contribution is 0.0929. The van der Waals surface area contributed by atoms with Gasteiger partial charge in [-0.1, -0.05) is 12.8 Å². The van der Waals surface area contributed by atoms with Crippen LogP contribution in [0.25, 0.3) is 11.6 Å². The van der Waals surface area contributed by atoms with Gasteiger partial charge >= 0.3 is 0 Å².